The third-order valence-electron chi connectivity index (χ3n) is 4.72. The van der Waals surface area contributed by atoms with Gasteiger partial charge in [-0.05, 0) is 18.8 Å². The highest BCUT2D eigenvalue weighted by molar-refractivity contribution is 5.94. The van der Waals surface area contributed by atoms with Crippen molar-refractivity contribution in [2.75, 3.05) is 6.61 Å². The summed E-state index contributed by atoms with van der Waals surface area (Å²) in [5.74, 6) is -3.25. The molecule has 0 unspecified atom stereocenters. The summed E-state index contributed by atoms with van der Waals surface area (Å²) in [7, 11) is 0. The average Bonchev–Trinajstić information content (AvgIpc) is 2.70. The highest BCUT2D eigenvalue weighted by Gasteiger charge is 2.31. The molecule has 10 nitrogen and oxygen atoms in total. The van der Waals surface area contributed by atoms with E-state index in [4.69, 9.17) is 10.8 Å². The summed E-state index contributed by atoms with van der Waals surface area (Å²) < 4.78 is 0. The normalized spacial score (nSPS) is 15.0. The number of aliphatic hydroxyl groups is 1. The molecule has 0 aromatic carbocycles. The van der Waals surface area contributed by atoms with E-state index in [1.54, 1.807) is 13.8 Å². The van der Waals surface area contributed by atoms with Gasteiger partial charge < -0.3 is 31.9 Å². The molecule has 0 aromatic heterocycles. The second kappa shape index (κ2) is 14.7. The van der Waals surface area contributed by atoms with Gasteiger partial charge in [-0.1, -0.05) is 53.4 Å². The van der Waals surface area contributed by atoms with E-state index in [0.717, 1.165) is 12.8 Å². The van der Waals surface area contributed by atoms with Gasteiger partial charge in [0.2, 0.25) is 17.7 Å². The fourth-order valence-corrected chi connectivity index (χ4v) is 2.75. The number of carbonyl (C=O) groups is 4. The summed E-state index contributed by atoms with van der Waals surface area (Å²) in [6.45, 7) is 6.76. The highest BCUT2D eigenvalue weighted by atomic mass is 16.4. The first-order valence-electron chi connectivity index (χ1n) is 10.6. The number of nitrogens with one attached hydrogen (secondary N) is 3. The quantitative estimate of drug-likeness (QED) is 0.210. The zero-order valence-electron chi connectivity index (χ0n) is 18.4. The lowest BCUT2D eigenvalue weighted by Crippen LogP contribution is -2.58. The number of amides is 3. The third kappa shape index (κ3) is 10.0. The van der Waals surface area contributed by atoms with E-state index in [1.165, 1.54) is 0 Å². The molecule has 0 heterocycles. The predicted octanol–water partition coefficient (Wildman–Crippen LogP) is -0.119. The van der Waals surface area contributed by atoms with Gasteiger partial charge in [-0.25, -0.2) is 4.79 Å². The summed E-state index contributed by atoms with van der Waals surface area (Å²) in [4.78, 5) is 48.9. The molecule has 0 saturated carbocycles. The van der Waals surface area contributed by atoms with Gasteiger partial charge in [0.05, 0.1) is 6.61 Å². The van der Waals surface area contributed by atoms with E-state index in [9.17, 15) is 24.3 Å². The monoisotopic (exact) mass is 430 g/mol. The fourth-order valence-electron chi connectivity index (χ4n) is 2.75. The Morgan fingerprint density at radius 3 is 1.77 bits per heavy atom. The maximum absolute atomic E-state index is 12.8. The molecule has 0 aliphatic rings. The van der Waals surface area contributed by atoms with Crippen molar-refractivity contribution >= 4 is 23.7 Å². The molecule has 0 spiro atoms. The number of unbranched alkanes of at least 4 members (excludes halogenated alkanes) is 2. The Balaban J connectivity index is 5.28. The molecule has 7 N–H and O–H groups in total. The van der Waals surface area contributed by atoms with Gasteiger partial charge in [0, 0.05) is 0 Å². The molecule has 174 valence electrons. The van der Waals surface area contributed by atoms with E-state index in [0.29, 0.717) is 25.7 Å². The Kier molecular flexibility index (Phi) is 13.7. The summed E-state index contributed by atoms with van der Waals surface area (Å²) in [6, 6.07) is -4.07. The molecule has 0 bridgehead atoms. The molecule has 0 radical (unpaired) electrons. The standard InChI is InChI=1S/C20H38N4O6/c1-5-7-9-14(22-17(26)13(21)11-25)18(27)24-16(12(3)4)19(28)23-15(20(29)30)10-8-6-2/h12-16,25H,5-11,21H2,1-4H3,(H,22,26)(H,23,28)(H,24,27)(H,29,30)/t13-,14-,15-,16-/m0/s1. The molecular formula is C20H38N4O6. The van der Waals surface area contributed by atoms with Gasteiger partial charge in [0.15, 0.2) is 0 Å². The minimum Gasteiger partial charge on any atom is -0.480 e. The van der Waals surface area contributed by atoms with Gasteiger partial charge in [-0.3, -0.25) is 14.4 Å². The molecule has 0 fully saturated rings. The first-order chi connectivity index (χ1) is 14.1. The summed E-state index contributed by atoms with van der Waals surface area (Å²) in [6.07, 6.45) is 3.52. The number of carbonyl (C=O) groups excluding carboxylic acids is 3. The van der Waals surface area contributed by atoms with Crippen LogP contribution >= 0.6 is 0 Å². The van der Waals surface area contributed by atoms with Crippen molar-refractivity contribution in [1.29, 1.82) is 0 Å². The van der Waals surface area contributed by atoms with Crippen molar-refractivity contribution in [2.24, 2.45) is 11.7 Å². The van der Waals surface area contributed by atoms with E-state index < -0.39 is 54.5 Å². The number of nitrogens with two attached hydrogens (primary N) is 1. The maximum Gasteiger partial charge on any atom is 0.326 e. The van der Waals surface area contributed by atoms with E-state index in [-0.39, 0.29) is 5.92 Å². The number of aliphatic carboxylic acids is 1. The zero-order chi connectivity index (χ0) is 23.3. The van der Waals surface area contributed by atoms with Crippen LogP contribution in [0.15, 0.2) is 0 Å². The average molecular weight is 431 g/mol. The number of aliphatic hydroxyl groups excluding tert-OH is 1. The van der Waals surface area contributed by atoms with Crippen molar-refractivity contribution in [1.82, 2.24) is 16.0 Å². The van der Waals surface area contributed by atoms with Crippen LogP contribution in [-0.4, -0.2) is 64.7 Å². The number of hydrogen-bond donors (Lipinski definition) is 6. The maximum atomic E-state index is 12.8. The minimum absolute atomic E-state index is 0.296. The molecular weight excluding hydrogens is 392 g/mol. The topological polar surface area (TPSA) is 171 Å². The molecule has 30 heavy (non-hydrogen) atoms. The van der Waals surface area contributed by atoms with Crippen LogP contribution in [-0.2, 0) is 19.2 Å². The summed E-state index contributed by atoms with van der Waals surface area (Å²) in [5.41, 5.74) is 5.50. The van der Waals surface area contributed by atoms with E-state index in [1.807, 2.05) is 13.8 Å². The lowest BCUT2D eigenvalue weighted by Gasteiger charge is -2.27. The van der Waals surface area contributed by atoms with Gasteiger partial charge in [-0.2, -0.15) is 0 Å². The van der Waals surface area contributed by atoms with Crippen LogP contribution < -0.4 is 21.7 Å². The van der Waals surface area contributed by atoms with Crippen molar-refractivity contribution in [3.05, 3.63) is 0 Å². The van der Waals surface area contributed by atoms with E-state index >= 15 is 0 Å². The molecule has 4 atom stereocenters. The Bertz CT molecular complexity index is 569. The van der Waals surface area contributed by atoms with Crippen molar-refractivity contribution in [3.63, 3.8) is 0 Å². The lowest BCUT2D eigenvalue weighted by molar-refractivity contribution is -0.142. The first kappa shape index (κ1) is 27.8. The van der Waals surface area contributed by atoms with Gasteiger partial charge in [0.1, 0.15) is 24.2 Å². The van der Waals surface area contributed by atoms with Gasteiger partial charge in [-0.15, -0.1) is 0 Å². The smallest absolute Gasteiger partial charge is 0.326 e. The van der Waals surface area contributed by atoms with Crippen LogP contribution in [0.3, 0.4) is 0 Å². The fraction of sp³-hybridized carbons (Fsp3) is 0.800. The third-order valence-corrected chi connectivity index (χ3v) is 4.72. The highest BCUT2D eigenvalue weighted by Crippen LogP contribution is 2.08. The van der Waals surface area contributed by atoms with Crippen LogP contribution in [0.4, 0.5) is 0 Å². The molecule has 0 aliphatic carbocycles. The first-order valence-corrected chi connectivity index (χ1v) is 10.6. The second-order valence-corrected chi connectivity index (χ2v) is 7.76. The molecule has 0 aliphatic heterocycles. The van der Waals surface area contributed by atoms with Gasteiger partial charge in [0.25, 0.3) is 0 Å². The zero-order valence-corrected chi connectivity index (χ0v) is 18.4. The number of rotatable bonds is 15. The van der Waals surface area contributed by atoms with Crippen molar-refractivity contribution < 1.29 is 29.4 Å². The Hall–Kier alpha value is -2.20. The lowest BCUT2D eigenvalue weighted by atomic mass is 10.0. The summed E-state index contributed by atoms with van der Waals surface area (Å²) in [5, 5.41) is 26.0. The minimum atomic E-state index is -1.15. The van der Waals surface area contributed by atoms with Crippen LogP contribution in [0.1, 0.15) is 66.2 Å². The van der Waals surface area contributed by atoms with Crippen LogP contribution in [0.5, 0.6) is 0 Å². The van der Waals surface area contributed by atoms with Crippen LogP contribution in [0.25, 0.3) is 0 Å². The summed E-state index contributed by atoms with van der Waals surface area (Å²) >= 11 is 0. The SMILES string of the molecule is CCCC[C@H](NC(=O)[C@@H](NC(=O)[C@H](CCCC)NC(=O)[C@@H](N)CO)C(C)C)C(=O)O. The van der Waals surface area contributed by atoms with Crippen molar-refractivity contribution in [3.8, 4) is 0 Å². The predicted molar refractivity (Wildman–Crippen MR) is 112 cm³/mol. The molecule has 0 rings (SSSR count). The van der Waals surface area contributed by atoms with Gasteiger partial charge >= 0.3 is 5.97 Å². The molecule has 10 heteroatoms. The molecule has 0 saturated heterocycles. The Labute approximate surface area is 178 Å². The number of hydrogen-bond acceptors (Lipinski definition) is 6. The molecule has 0 aromatic rings. The van der Waals surface area contributed by atoms with Crippen LogP contribution in [0, 0.1) is 5.92 Å². The van der Waals surface area contributed by atoms with Crippen LogP contribution in [0.2, 0.25) is 0 Å². The Morgan fingerprint density at radius 1 is 0.833 bits per heavy atom. The molecule has 3 amide bonds. The number of carboxylic acid groups (broad SMARTS) is 1. The van der Waals surface area contributed by atoms with Crippen molar-refractivity contribution in [2.45, 2.75) is 90.4 Å². The van der Waals surface area contributed by atoms with E-state index in [2.05, 4.69) is 16.0 Å². The Morgan fingerprint density at radius 2 is 1.33 bits per heavy atom. The second-order valence-electron chi connectivity index (χ2n) is 7.76. The largest absolute Gasteiger partial charge is 0.480 e. The number of carboxylic acids is 1.